The standard InChI is InChI=1S/C20H25N3O2/c1-16(12-13-17-8-4-2-5-9-17)22-19(24)14-15-21-20(25)23-18-10-6-3-7-11-18/h2-11,16H,12-15H2,1H3,(H,22,24)(H2,21,23,25)/t16-/m0/s1. The van der Waals surface area contributed by atoms with E-state index in [0.717, 1.165) is 18.5 Å². The maximum absolute atomic E-state index is 11.9. The molecule has 3 amide bonds. The van der Waals surface area contributed by atoms with Gasteiger partial charge in [-0.05, 0) is 37.5 Å². The fraction of sp³-hybridized carbons (Fsp3) is 0.300. The van der Waals surface area contributed by atoms with Gasteiger partial charge in [-0.1, -0.05) is 48.5 Å². The van der Waals surface area contributed by atoms with Crippen LogP contribution in [0.2, 0.25) is 0 Å². The predicted octanol–water partition coefficient (Wildman–Crippen LogP) is 3.34. The van der Waals surface area contributed by atoms with E-state index in [1.807, 2.05) is 43.3 Å². The average Bonchev–Trinajstić information content (AvgIpc) is 2.61. The number of carbonyl (C=O) groups excluding carboxylic acids is 2. The Morgan fingerprint density at radius 2 is 1.60 bits per heavy atom. The van der Waals surface area contributed by atoms with E-state index in [0.29, 0.717) is 6.54 Å². The number of para-hydroxylation sites is 1. The first-order valence-corrected chi connectivity index (χ1v) is 8.56. The summed E-state index contributed by atoms with van der Waals surface area (Å²) in [5, 5.41) is 8.36. The Morgan fingerprint density at radius 3 is 2.28 bits per heavy atom. The molecular weight excluding hydrogens is 314 g/mol. The first kappa shape index (κ1) is 18.5. The van der Waals surface area contributed by atoms with Crippen molar-refractivity contribution in [3.05, 3.63) is 66.2 Å². The van der Waals surface area contributed by atoms with Crippen molar-refractivity contribution in [2.75, 3.05) is 11.9 Å². The van der Waals surface area contributed by atoms with Crippen LogP contribution in [0.15, 0.2) is 60.7 Å². The van der Waals surface area contributed by atoms with Gasteiger partial charge in [-0.2, -0.15) is 0 Å². The lowest BCUT2D eigenvalue weighted by Crippen LogP contribution is -2.36. The maximum Gasteiger partial charge on any atom is 0.319 e. The van der Waals surface area contributed by atoms with Crippen LogP contribution in [0.3, 0.4) is 0 Å². The van der Waals surface area contributed by atoms with Gasteiger partial charge in [0.15, 0.2) is 0 Å². The second-order valence-corrected chi connectivity index (χ2v) is 5.99. The van der Waals surface area contributed by atoms with Crippen molar-refractivity contribution in [2.45, 2.75) is 32.2 Å². The van der Waals surface area contributed by atoms with Gasteiger partial charge in [0.2, 0.25) is 5.91 Å². The van der Waals surface area contributed by atoms with Gasteiger partial charge in [0, 0.05) is 24.7 Å². The highest BCUT2D eigenvalue weighted by molar-refractivity contribution is 5.89. The lowest BCUT2D eigenvalue weighted by Gasteiger charge is -2.14. The number of benzene rings is 2. The van der Waals surface area contributed by atoms with E-state index in [1.54, 1.807) is 12.1 Å². The van der Waals surface area contributed by atoms with E-state index in [-0.39, 0.29) is 24.4 Å². The minimum Gasteiger partial charge on any atom is -0.354 e. The molecule has 0 spiro atoms. The molecule has 0 aliphatic carbocycles. The summed E-state index contributed by atoms with van der Waals surface area (Å²) in [7, 11) is 0. The Morgan fingerprint density at radius 1 is 0.960 bits per heavy atom. The molecule has 0 aliphatic rings. The third-order valence-corrected chi connectivity index (χ3v) is 3.79. The number of amides is 3. The molecule has 0 aliphatic heterocycles. The number of urea groups is 1. The minimum absolute atomic E-state index is 0.0550. The molecule has 0 saturated carbocycles. The second kappa shape index (κ2) is 10.1. The van der Waals surface area contributed by atoms with E-state index in [4.69, 9.17) is 0 Å². The van der Waals surface area contributed by atoms with Crippen molar-refractivity contribution in [1.29, 1.82) is 0 Å². The molecule has 0 aromatic heterocycles. The summed E-state index contributed by atoms with van der Waals surface area (Å²) >= 11 is 0. The first-order chi connectivity index (χ1) is 12.1. The molecule has 2 aromatic rings. The summed E-state index contributed by atoms with van der Waals surface area (Å²) in [5.41, 5.74) is 1.99. The summed E-state index contributed by atoms with van der Waals surface area (Å²) < 4.78 is 0. The first-order valence-electron chi connectivity index (χ1n) is 8.56. The van der Waals surface area contributed by atoms with E-state index >= 15 is 0 Å². The summed E-state index contributed by atoms with van der Waals surface area (Å²) in [6.45, 7) is 2.30. The smallest absolute Gasteiger partial charge is 0.319 e. The van der Waals surface area contributed by atoms with Crippen LogP contribution in [0, 0.1) is 0 Å². The number of anilines is 1. The summed E-state index contributed by atoms with van der Waals surface area (Å²) in [4.78, 5) is 23.6. The lowest BCUT2D eigenvalue weighted by atomic mass is 10.1. The third kappa shape index (κ3) is 7.52. The molecule has 25 heavy (non-hydrogen) atoms. The molecule has 132 valence electrons. The van der Waals surface area contributed by atoms with Crippen molar-refractivity contribution in [1.82, 2.24) is 10.6 Å². The fourth-order valence-corrected chi connectivity index (χ4v) is 2.43. The Kier molecular flexibility index (Phi) is 7.50. The topological polar surface area (TPSA) is 70.2 Å². The van der Waals surface area contributed by atoms with Crippen LogP contribution in [0.1, 0.15) is 25.3 Å². The van der Waals surface area contributed by atoms with Crippen LogP contribution in [0.5, 0.6) is 0 Å². The Labute approximate surface area is 148 Å². The second-order valence-electron chi connectivity index (χ2n) is 5.99. The summed E-state index contributed by atoms with van der Waals surface area (Å²) in [6, 6.07) is 19.2. The molecule has 0 bridgehead atoms. The highest BCUT2D eigenvalue weighted by atomic mass is 16.2. The number of hydrogen-bond donors (Lipinski definition) is 3. The minimum atomic E-state index is -0.309. The largest absolute Gasteiger partial charge is 0.354 e. The lowest BCUT2D eigenvalue weighted by molar-refractivity contribution is -0.121. The number of carbonyl (C=O) groups is 2. The van der Waals surface area contributed by atoms with E-state index < -0.39 is 0 Å². The molecule has 5 heteroatoms. The highest BCUT2D eigenvalue weighted by Crippen LogP contribution is 2.05. The van der Waals surface area contributed by atoms with Crippen LogP contribution in [0.25, 0.3) is 0 Å². The summed E-state index contributed by atoms with van der Waals surface area (Å²) in [6.07, 6.45) is 2.08. The molecule has 0 saturated heterocycles. The Balaban J connectivity index is 1.59. The monoisotopic (exact) mass is 339 g/mol. The van der Waals surface area contributed by atoms with Gasteiger partial charge in [-0.15, -0.1) is 0 Å². The zero-order chi connectivity index (χ0) is 17.9. The third-order valence-electron chi connectivity index (χ3n) is 3.79. The van der Waals surface area contributed by atoms with Crippen molar-refractivity contribution < 1.29 is 9.59 Å². The molecular formula is C20H25N3O2. The number of hydrogen-bond acceptors (Lipinski definition) is 2. The van der Waals surface area contributed by atoms with Crippen molar-refractivity contribution in [3.8, 4) is 0 Å². The van der Waals surface area contributed by atoms with Crippen LogP contribution >= 0.6 is 0 Å². The maximum atomic E-state index is 11.9. The number of aryl methyl sites for hydroxylation is 1. The van der Waals surface area contributed by atoms with Crippen LogP contribution in [0.4, 0.5) is 10.5 Å². The van der Waals surface area contributed by atoms with Gasteiger partial charge in [0.25, 0.3) is 0 Å². The Hall–Kier alpha value is -2.82. The fourth-order valence-electron chi connectivity index (χ4n) is 2.43. The van der Waals surface area contributed by atoms with Crippen LogP contribution < -0.4 is 16.0 Å². The van der Waals surface area contributed by atoms with E-state index in [2.05, 4.69) is 28.1 Å². The molecule has 3 N–H and O–H groups in total. The van der Waals surface area contributed by atoms with Crippen LogP contribution in [-0.2, 0) is 11.2 Å². The molecule has 5 nitrogen and oxygen atoms in total. The highest BCUT2D eigenvalue weighted by Gasteiger charge is 2.08. The predicted molar refractivity (Wildman–Crippen MR) is 100 cm³/mol. The van der Waals surface area contributed by atoms with Gasteiger partial charge in [0.1, 0.15) is 0 Å². The normalized spacial score (nSPS) is 11.4. The van der Waals surface area contributed by atoms with Gasteiger partial charge in [-0.3, -0.25) is 4.79 Å². The molecule has 2 aromatic carbocycles. The van der Waals surface area contributed by atoms with Crippen LogP contribution in [-0.4, -0.2) is 24.5 Å². The molecule has 0 unspecified atom stereocenters. The van der Waals surface area contributed by atoms with Gasteiger partial charge < -0.3 is 16.0 Å². The molecule has 0 radical (unpaired) electrons. The van der Waals surface area contributed by atoms with Gasteiger partial charge in [0.05, 0.1) is 0 Å². The van der Waals surface area contributed by atoms with Gasteiger partial charge in [-0.25, -0.2) is 4.79 Å². The average molecular weight is 339 g/mol. The molecule has 0 fully saturated rings. The number of rotatable bonds is 8. The van der Waals surface area contributed by atoms with Crippen molar-refractivity contribution in [2.24, 2.45) is 0 Å². The van der Waals surface area contributed by atoms with E-state index in [9.17, 15) is 9.59 Å². The van der Waals surface area contributed by atoms with Crippen molar-refractivity contribution >= 4 is 17.6 Å². The number of nitrogens with one attached hydrogen (secondary N) is 3. The van der Waals surface area contributed by atoms with Gasteiger partial charge >= 0.3 is 6.03 Å². The SMILES string of the molecule is C[C@@H](CCc1ccccc1)NC(=O)CCNC(=O)Nc1ccccc1. The zero-order valence-electron chi connectivity index (χ0n) is 14.5. The van der Waals surface area contributed by atoms with Crippen molar-refractivity contribution in [3.63, 3.8) is 0 Å². The Bertz CT molecular complexity index is 659. The zero-order valence-corrected chi connectivity index (χ0v) is 14.5. The molecule has 2 rings (SSSR count). The molecule has 1 atom stereocenters. The van der Waals surface area contributed by atoms with E-state index in [1.165, 1.54) is 5.56 Å². The summed E-state index contributed by atoms with van der Waals surface area (Å²) in [5.74, 6) is -0.0550. The molecule has 0 heterocycles. The quantitative estimate of drug-likeness (QED) is 0.690.